The van der Waals surface area contributed by atoms with Gasteiger partial charge in [-0.1, -0.05) is 0 Å². The van der Waals surface area contributed by atoms with Gasteiger partial charge < -0.3 is 19.1 Å². The Kier molecular flexibility index (Phi) is 4.31. The zero-order valence-electron chi connectivity index (χ0n) is 13.8. The Labute approximate surface area is 133 Å². The SMILES string of the molecule is COc1ccc(C(=O)O)c2nc(C)n(CC(=O)OC(C)(C)C)c12. The number of ether oxygens (including phenoxy) is 2. The van der Waals surface area contributed by atoms with Crippen LogP contribution in [0, 0.1) is 6.92 Å². The first-order valence-electron chi connectivity index (χ1n) is 7.13. The number of hydrogen-bond acceptors (Lipinski definition) is 5. The van der Waals surface area contributed by atoms with Crippen LogP contribution in [-0.2, 0) is 16.1 Å². The molecule has 0 aliphatic carbocycles. The van der Waals surface area contributed by atoms with Gasteiger partial charge >= 0.3 is 11.9 Å². The number of nitrogens with zero attached hydrogens (tertiary/aromatic N) is 2. The molecule has 0 saturated heterocycles. The molecule has 0 unspecified atom stereocenters. The lowest BCUT2D eigenvalue weighted by Crippen LogP contribution is -2.26. The summed E-state index contributed by atoms with van der Waals surface area (Å²) in [6.45, 7) is 6.99. The largest absolute Gasteiger partial charge is 0.494 e. The standard InChI is InChI=1S/C16H20N2O5/c1-9-17-13-10(15(20)21)6-7-11(22-5)14(13)18(9)8-12(19)23-16(2,3)4/h6-7H,8H2,1-5H3,(H,20,21). The van der Waals surface area contributed by atoms with Gasteiger partial charge in [-0.2, -0.15) is 0 Å². The number of aromatic carboxylic acids is 1. The summed E-state index contributed by atoms with van der Waals surface area (Å²) < 4.78 is 12.2. The number of carbonyl (C=O) groups excluding carboxylic acids is 1. The van der Waals surface area contributed by atoms with Crippen LogP contribution < -0.4 is 4.74 Å². The van der Waals surface area contributed by atoms with Crippen molar-refractivity contribution in [2.24, 2.45) is 0 Å². The number of benzene rings is 1. The third-order valence-corrected chi connectivity index (χ3v) is 3.21. The fraction of sp³-hybridized carbons (Fsp3) is 0.438. The molecule has 1 heterocycles. The van der Waals surface area contributed by atoms with E-state index in [2.05, 4.69) is 4.98 Å². The van der Waals surface area contributed by atoms with Crippen molar-refractivity contribution >= 4 is 23.0 Å². The maximum absolute atomic E-state index is 12.1. The van der Waals surface area contributed by atoms with E-state index in [1.165, 1.54) is 13.2 Å². The molecule has 0 atom stereocenters. The second-order valence-corrected chi connectivity index (χ2v) is 6.15. The number of fused-ring (bicyclic) bond motifs is 1. The Morgan fingerprint density at radius 2 is 1.96 bits per heavy atom. The van der Waals surface area contributed by atoms with Crippen molar-refractivity contribution in [3.63, 3.8) is 0 Å². The predicted octanol–water partition coefficient (Wildman–Crippen LogP) is 2.39. The van der Waals surface area contributed by atoms with Crippen molar-refractivity contribution in [3.8, 4) is 5.75 Å². The highest BCUT2D eigenvalue weighted by atomic mass is 16.6. The Bertz CT molecular complexity index is 771. The molecule has 1 aromatic heterocycles. The quantitative estimate of drug-likeness (QED) is 0.870. The van der Waals surface area contributed by atoms with E-state index in [9.17, 15) is 14.7 Å². The van der Waals surface area contributed by atoms with Gasteiger partial charge in [-0.25, -0.2) is 9.78 Å². The van der Waals surface area contributed by atoms with Gasteiger partial charge in [-0.15, -0.1) is 0 Å². The first kappa shape index (κ1) is 16.8. The van der Waals surface area contributed by atoms with Crippen LogP contribution in [0.15, 0.2) is 12.1 Å². The molecule has 7 nitrogen and oxygen atoms in total. The van der Waals surface area contributed by atoms with Gasteiger partial charge in [0.25, 0.3) is 0 Å². The van der Waals surface area contributed by atoms with Crippen molar-refractivity contribution in [2.45, 2.75) is 39.8 Å². The molecule has 0 bridgehead atoms. The number of rotatable bonds is 4. The van der Waals surface area contributed by atoms with Crippen molar-refractivity contribution in [1.82, 2.24) is 9.55 Å². The molecular weight excluding hydrogens is 300 g/mol. The normalized spacial score (nSPS) is 11.5. The van der Waals surface area contributed by atoms with Crippen molar-refractivity contribution < 1.29 is 24.2 Å². The van der Waals surface area contributed by atoms with Crippen LogP contribution >= 0.6 is 0 Å². The molecule has 7 heteroatoms. The molecular formula is C16H20N2O5. The number of esters is 1. The third-order valence-electron chi connectivity index (χ3n) is 3.21. The average Bonchev–Trinajstić information content (AvgIpc) is 2.72. The molecule has 2 aromatic rings. The van der Waals surface area contributed by atoms with Crippen molar-refractivity contribution in [3.05, 3.63) is 23.5 Å². The zero-order chi connectivity index (χ0) is 17.4. The Balaban J connectivity index is 2.56. The molecule has 0 aliphatic rings. The summed E-state index contributed by atoms with van der Waals surface area (Å²) in [5, 5.41) is 9.30. The molecule has 0 spiro atoms. The third kappa shape index (κ3) is 3.44. The molecule has 1 N–H and O–H groups in total. The average molecular weight is 320 g/mol. The maximum atomic E-state index is 12.1. The number of imidazole rings is 1. The summed E-state index contributed by atoms with van der Waals surface area (Å²) in [6, 6.07) is 2.99. The van der Waals surface area contributed by atoms with Gasteiger partial charge in [0.1, 0.15) is 34.8 Å². The number of carboxylic acids is 1. The van der Waals surface area contributed by atoms with Crippen LogP contribution in [0.4, 0.5) is 0 Å². The number of carbonyl (C=O) groups is 2. The maximum Gasteiger partial charge on any atom is 0.337 e. The van der Waals surface area contributed by atoms with Crippen LogP contribution in [-0.4, -0.2) is 39.3 Å². The van der Waals surface area contributed by atoms with E-state index in [0.29, 0.717) is 17.1 Å². The zero-order valence-corrected chi connectivity index (χ0v) is 13.8. The highest BCUT2D eigenvalue weighted by Crippen LogP contribution is 2.29. The van der Waals surface area contributed by atoms with Crippen LogP contribution in [0.3, 0.4) is 0 Å². The van der Waals surface area contributed by atoms with Gasteiger partial charge in [0.15, 0.2) is 0 Å². The molecule has 1 aromatic carbocycles. The minimum atomic E-state index is -1.08. The smallest absolute Gasteiger partial charge is 0.337 e. The van der Waals surface area contributed by atoms with E-state index >= 15 is 0 Å². The number of hydrogen-bond donors (Lipinski definition) is 1. The highest BCUT2D eigenvalue weighted by Gasteiger charge is 2.22. The summed E-state index contributed by atoms with van der Waals surface area (Å²) >= 11 is 0. The van der Waals surface area contributed by atoms with E-state index in [-0.39, 0.29) is 17.6 Å². The molecule has 0 aliphatic heterocycles. The topological polar surface area (TPSA) is 90.6 Å². The Morgan fingerprint density at radius 1 is 1.30 bits per heavy atom. The molecule has 0 saturated carbocycles. The van der Waals surface area contributed by atoms with Crippen molar-refractivity contribution in [2.75, 3.05) is 7.11 Å². The summed E-state index contributed by atoms with van der Waals surface area (Å²) in [4.78, 5) is 27.8. The van der Waals surface area contributed by atoms with Gasteiger partial charge in [0, 0.05) is 0 Å². The summed E-state index contributed by atoms with van der Waals surface area (Å²) in [7, 11) is 1.48. The van der Waals surface area contributed by atoms with Crippen molar-refractivity contribution in [1.29, 1.82) is 0 Å². The van der Waals surface area contributed by atoms with Gasteiger partial charge in [0.2, 0.25) is 0 Å². The molecule has 0 fully saturated rings. The van der Waals surface area contributed by atoms with E-state index < -0.39 is 17.5 Å². The molecule has 23 heavy (non-hydrogen) atoms. The Morgan fingerprint density at radius 3 is 2.48 bits per heavy atom. The van der Waals surface area contributed by atoms with Crippen LogP contribution in [0.2, 0.25) is 0 Å². The second kappa shape index (κ2) is 5.91. The lowest BCUT2D eigenvalue weighted by atomic mass is 10.1. The summed E-state index contributed by atoms with van der Waals surface area (Å²) in [5.41, 5.74) is 0.220. The Hall–Kier alpha value is -2.57. The molecule has 0 amide bonds. The molecule has 124 valence electrons. The minimum Gasteiger partial charge on any atom is -0.494 e. The lowest BCUT2D eigenvalue weighted by Gasteiger charge is -2.20. The number of aromatic nitrogens is 2. The van der Waals surface area contributed by atoms with Gasteiger partial charge in [-0.3, -0.25) is 4.79 Å². The van der Waals surface area contributed by atoms with E-state index in [1.807, 2.05) is 0 Å². The van der Waals surface area contributed by atoms with Gasteiger partial charge in [-0.05, 0) is 39.8 Å². The van der Waals surface area contributed by atoms with Crippen LogP contribution in [0.1, 0.15) is 37.0 Å². The number of methoxy groups -OCH3 is 1. The predicted molar refractivity (Wildman–Crippen MR) is 83.8 cm³/mol. The summed E-state index contributed by atoms with van der Waals surface area (Å²) in [5.74, 6) is -0.547. The fourth-order valence-electron chi connectivity index (χ4n) is 2.35. The second-order valence-electron chi connectivity index (χ2n) is 6.15. The van der Waals surface area contributed by atoms with E-state index in [0.717, 1.165) is 0 Å². The first-order chi connectivity index (χ1) is 10.6. The van der Waals surface area contributed by atoms with E-state index in [4.69, 9.17) is 9.47 Å². The van der Waals surface area contributed by atoms with Crippen LogP contribution in [0.5, 0.6) is 5.75 Å². The number of carboxylic acid groups (broad SMARTS) is 1. The lowest BCUT2D eigenvalue weighted by molar-refractivity contribution is -0.155. The van der Waals surface area contributed by atoms with Crippen LogP contribution in [0.25, 0.3) is 11.0 Å². The molecule has 0 radical (unpaired) electrons. The highest BCUT2D eigenvalue weighted by molar-refractivity contribution is 6.03. The van der Waals surface area contributed by atoms with Gasteiger partial charge in [0.05, 0.1) is 12.7 Å². The summed E-state index contributed by atoms with van der Waals surface area (Å²) in [6.07, 6.45) is 0. The minimum absolute atomic E-state index is 0.0619. The fourth-order valence-corrected chi connectivity index (χ4v) is 2.35. The molecule has 2 rings (SSSR count). The van der Waals surface area contributed by atoms with E-state index in [1.54, 1.807) is 38.3 Å². The first-order valence-corrected chi connectivity index (χ1v) is 7.13. The number of aryl methyl sites for hydroxylation is 1. The monoisotopic (exact) mass is 320 g/mol.